The van der Waals surface area contributed by atoms with Crippen LogP contribution in [0.4, 0.5) is 4.79 Å². The summed E-state index contributed by atoms with van der Waals surface area (Å²) in [7, 11) is 0. The summed E-state index contributed by atoms with van der Waals surface area (Å²) >= 11 is 0. The van der Waals surface area contributed by atoms with Gasteiger partial charge < -0.3 is 15.0 Å². The third-order valence-corrected chi connectivity index (χ3v) is 4.35. The quantitative estimate of drug-likeness (QED) is 0.693. The van der Waals surface area contributed by atoms with Gasteiger partial charge in [0.25, 0.3) is 0 Å². The number of nitrogens with one attached hydrogen (secondary N) is 1. The number of hydrogen-bond donors (Lipinski definition) is 1. The van der Waals surface area contributed by atoms with Crippen molar-refractivity contribution >= 4 is 6.09 Å². The lowest BCUT2D eigenvalue weighted by Crippen LogP contribution is -2.47. The van der Waals surface area contributed by atoms with Gasteiger partial charge in [0.2, 0.25) is 0 Å². The van der Waals surface area contributed by atoms with Crippen LogP contribution in [0, 0.1) is 5.41 Å². The molecule has 1 saturated heterocycles. The van der Waals surface area contributed by atoms with E-state index in [1.54, 1.807) is 0 Å². The van der Waals surface area contributed by atoms with Gasteiger partial charge in [-0.1, -0.05) is 40.0 Å². The first-order valence-electron chi connectivity index (χ1n) is 8.63. The molecule has 4 nitrogen and oxygen atoms in total. The van der Waals surface area contributed by atoms with E-state index >= 15 is 0 Å². The van der Waals surface area contributed by atoms with Gasteiger partial charge in [0.15, 0.2) is 0 Å². The maximum atomic E-state index is 11.7. The van der Waals surface area contributed by atoms with E-state index < -0.39 is 0 Å². The lowest BCUT2D eigenvalue weighted by Gasteiger charge is -2.34. The molecule has 1 rings (SSSR count). The SMILES string of the molecule is CCCCCC(C)(C)CNC1CCN(C(=O)OCC)CC1. The van der Waals surface area contributed by atoms with Crippen LogP contribution in [0.2, 0.25) is 0 Å². The minimum Gasteiger partial charge on any atom is -0.450 e. The standard InChI is InChI=1S/C17H34N2O2/c1-5-7-8-11-17(3,4)14-18-15-9-12-19(13-10-15)16(20)21-6-2/h15,18H,5-14H2,1-4H3. The highest BCUT2D eigenvalue weighted by molar-refractivity contribution is 5.67. The van der Waals surface area contributed by atoms with Crippen molar-refractivity contribution in [3.8, 4) is 0 Å². The lowest BCUT2D eigenvalue weighted by atomic mass is 9.86. The first-order chi connectivity index (χ1) is 9.98. The second-order valence-electron chi connectivity index (χ2n) is 6.96. The van der Waals surface area contributed by atoms with Crippen LogP contribution in [0.5, 0.6) is 0 Å². The molecule has 0 saturated carbocycles. The molecule has 1 heterocycles. The van der Waals surface area contributed by atoms with Crippen molar-refractivity contribution in [3.05, 3.63) is 0 Å². The summed E-state index contributed by atoms with van der Waals surface area (Å²) in [6.07, 6.45) is 7.14. The maximum Gasteiger partial charge on any atom is 0.409 e. The molecule has 1 fully saturated rings. The van der Waals surface area contributed by atoms with Crippen LogP contribution < -0.4 is 5.32 Å². The maximum absolute atomic E-state index is 11.7. The van der Waals surface area contributed by atoms with Crippen molar-refractivity contribution in [2.24, 2.45) is 5.41 Å². The molecular formula is C17H34N2O2. The molecule has 0 radical (unpaired) electrons. The molecule has 124 valence electrons. The third-order valence-electron chi connectivity index (χ3n) is 4.35. The Balaban J connectivity index is 2.21. The van der Waals surface area contributed by atoms with Gasteiger partial charge in [0, 0.05) is 25.7 Å². The van der Waals surface area contributed by atoms with Gasteiger partial charge in [-0.3, -0.25) is 0 Å². The average Bonchev–Trinajstić information content (AvgIpc) is 2.46. The van der Waals surface area contributed by atoms with Gasteiger partial charge in [0.1, 0.15) is 0 Å². The summed E-state index contributed by atoms with van der Waals surface area (Å²) in [6.45, 7) is 12.0. The highest BCUT2D eigenvalue weighted by Gasteiger charge is 2.25. The molecule has 4 heteroatoms. The van der Waals surface area contributed by atoms with E-state index in [0.29, 0.717) is 18.1 Å². The molecule has 1 aliphatic heterocycles. The van der Waals surface area contributed by atoms with Crippen molar-refractivity contribution < 1.29 is 9.53 Å². The van der Waals surface area contributed by atoms with Crippen molar-refractivity contribution in [1.29, 1.82) is 0 Å². The van der Waals surface area contributed by atoms with E-state index in [4.69, 9.17) is 4.74 Å². The molecule has 1 N–H and O–H groups in total. The Bertz CT molecular complexity index is 297. The molecule has 0 aromatic heterocycles. The smallest absolute Gasteiger partial charge is 0.409 e. The minimum atomic E-state index is -0.157. The molecule has 0 unspecified atom stereocenters. The van der Waals surface area contributed by atoms with E-state index in [1.165, 1.54) is 25.7 Å². The van der Waals surface area contributed by atoms with Gasteiger partial charge in [-0.15, -0.1) is 0 Å². The van der Waals surface area contributed by atoms with Crippen LogP contribution in [0.15, 0.2) is 0 Å². The monoisotopic (exact) mass is 298 g/mol. The van der Waals surface area contributed by atoms with Gasteiger partial charge in [-0.2, -0.15) is 0 Å². The molecule has 1 aliphatic rings. The Labute approximate surface area is 130 Å². The number of ether oxygens (including phenoxy) is 1. The van der Waals surface area contributed by atoms with Crippen LogP contribution in [0.25, 0.3) is 0 Å². The fourth-order valence-electron chi connectivity index (χ4n) is 2.84. The molecule has 1 amide bonds. The molecular weight excluding hydrogens is 264 g/mol. The zero-order chi connectivity index (χ0) is 15.7. The van der Waals surface area contributed by atoms with Crippen molar-refractivity contribution in [1.82, 2.24) is 10.2 Å². The lowest BCUT2D eigenvalue weighted by molar-refractivity contribution is 0.0940. The van der Waals surface area contributed by atoms with Gasteiger partial charge >= 0.3 is 6.09 Å². The Morgan fingerprint density at radius 1 is 1.24 bits per heavy atom. The summed E-state index contributed by atoms with van der Waals surface area (Å²) in [5.41, 5.74) is 0.368. The topological polar surface area (TPSA) is 41.6 Å². The van der Waals surface area contributed by atoms with E-state index in [-0.39, 0.29) is 6.09 Å². The zero-order valence-electron chi connectivity index (χ0n) is 14.4. The van der Waals surface area contributed by atoms with Crippen LogP contribution in [0.3, 0.4) is 0 Å². The van der Waals surface area contributed by atoms with Gasteiger partial charge in [-0.05, 0) is 31.6 Å². The fourth-order valence-corrected chi connectivity index (χ4v) is 2.84. The third kappa shape index (κ3) is 7.16. The van der Waals surface area contributed by atoms with Gasteiger partial charge in [0.05, 0.1) is 6.61 Å². The summed E-state index contributed by atoms with van der Waals surface area (Å²) in [4.78, 5) is 13.5. The highest BCUT2D eigenvalue weighted by Crippen LogP contribution is 2.23. The van der Waals surface area contributed by atoms with Crippen molar-refractivity contribution in [2.75, 3.05) is 26.2 Å². The van der Waals surface area contributed by atoms with E-state index in [9.17, 15) is 4.79 Å². The fraction of sp³-hybridized carbons (Fsp3) is 0.941. The number of carbonyl (C=O) groups excluding carboxylic acids is 1. The summed E-state index contributed by atoms with van der Waals surface area (Å²) in [5.74, 6) is 0. The van der Waals surface area contributed by atoms with Gasteiger partial charge in [-0.25, -0.2) is 4.79 Å². The molecule has 0 spiro atoms. The second-order valence-corrected chi connectivity index (χ2v) is 6.96. The minimum absolute atomic E-state index is 0.157. The molecule has 0 aromatic rings. The number of carbonyl (C=O) groups is 1. The number of nitrogens with zero attached hydrogens (tertiary/aromatic N) is 1. The Kier molecular flexibility index (Phi) is 8.09. The first kappa shape index (κ1) is 18.3. The van der Waals surface area contributed by atoms with Crippen molar-refractivity contribution in [3.63, 3.8) is 0 Å². The Morgan fingerprint density at radius 2 is 1.90 bits per heavy atom. The van der Waals surface area contributed by atoms with E-state index in [2.05, 4.69) is 26.1 Å². The average molecular weight is 298 g/mol. The number of piperidine rings is 1. The van der Waals surface area contributed by atoms with Crippen molar-refractivity contribution in [2.45, 2.75) is 72.3 Å². The number of hydrogen-bond acceptors (Lipinski definition) is 3. The summed E-state index contributed by atoms with van der Waals surface area (Å²) in [6, 6.07) is 0.543. The van der Waals surface area contributed by atoms with E-state index in [1.807, 2.05) is 11.8 Å². The molecule has 21 heavy (non-hydrogen) atoms. The Hall–Kier alpha value is -0.770. The zero-order valence-corrected chi connectivity index (χ0v) is 14.4. The predicted molar refractivity (Wildman–Crippen MR) is 87.5 cm³/mol. The number of rotatable bonds is 8. The summed E-state index contributed by atoms with van der Waals surface area (Å²) in [5, 5.41) is 3.70. The second kappa shape index (κ2) is 9.29. The van der Waals surface area contributed by atoms with Crippen LogP contribution in [-0.4, -0.2) is 43.3 Å². The Morgan fingerprint density at radius 3 is 2.48 bits per heavy atom. The first-order valence-corrected chi connectivity index (χ1v) is 8.63. The number of amides is 1. The van der Waals surface area contributed by atoms with E-state index in [0.717, 1.165) is 32.5 Å². The van der Waals surface area contributed by atoms with Crippen LogP contribution in [-0.2, 0) is 4.74 Å². The summed E-state index contributed by atoms with van der Waals surface area (Å²) < 4.78 is 5.05. The number of likely N-dealkylation sites (tertiary alicyclic amines) is 1. The molecule has 0 aliphatic carbocycles. The largest absolute Gasteiger partial charge is 0.450 e. The van der Waals surface area contributed by atoms with Crippen LogP contribution in [0.1, 0.15) is 66.2 Å². The molecule has 0 bridgehead atoms. The molecule has 0 aromatic carbocycles. The van der Waals surface area contributed by atoms with Crippen LogP contribution >= 0.6 is 0 Å². The number of unbranched alkanes of at least 4 members (excludes halogenated alkanes) is 2. The predicted octanol–water partition coefficient (Wildman–Crippen LogP) is 3.80. The normalized spacial score (nSPS) is 17.0. The highest BCUT2D eigenvalue weighted by atomic mass is 16.6. The molecule has 0 atom stereocenters.